The van der Waals surface area contributed by atoms with Crippen molar-refractivity contribution in [3.8, 4) is 0 Å². The van der Waals surface area contributed by atoms with Gasteiger partial charge in [-0.25, -0.2) is 9.97 Å². The summed E-state index contributed by atoms with van der Waals surface area (Å²) in [4.78, 5) is 8.58. The lowest BCUT2D eigenvalue weighted by Gasteiger charge is -2.14. The maximum atomic E-state index is 6.23. The van der Waals surface area contributed by atoms with Crippen LogP contribution in [0.2, 0.25) is 5.02 Å². The van der Waals surface area contributed by atoms with Gasteiger partial charge in [-0.05, 0) is 24.6 Å². The average Bonchev–Trinajstić information content (AvgIpc) is 2.43. The molecule has 4 nitrogen and oxygen atoms in total. The fourth-order valence-electron chi connectivity index (χ4n) is 1.94. The Morgan fingerprint density at radius 2 is 2.00 bits per heavy atom. The van der Waals surface area contributed by atoms with Crippen molar-refractivity contribution < 1.29 is 0 Å². The van der Waals surface area contributed by atoms with Gasteiger partial charge < -0.3 is 10.6 Å². The van der Waals surface area contributed by atoms with Crippen molar-refractivity contribution >= 4 is 44.9 Å². The summed E-state index contributed by atoms with van der Waals surface area (Å²) in [6.45, 7) is 2.13. The van der Waals surface area contributed by atoms with Crippen LogP contribution in [-0.4, -0.2) is 17.0 Å². The van der Waals surface area contributed by atoms with Crippen molar-refractivity contribution in [2.45, 2.75) is 19.8 Å². The van der Waals surface area contributed by atoms with Crippen LogP contribution in [0.4, 0.5) is 17.3 Å². The van der Waals surface area contributed by atoms with Crippen LogP contribution in [0.3, 0.4) is 0 Å². The molecule has 1 heterocycles. The Morgan fingerprint density at radius 3 is 2.65 bits per heavy atom. The van der Waals surface area contributed by atoms with E-state index < -0.39 is 0 Å². The zero-order valence-electron chi connectivity index (χ0n) is 11.4. The molecule has 0 saturated carbocycles. The molecule has 0 saturated heterocycles. The summed E-state index contributed by atoms with van der Waals surface area (Å²) in [5.41, 5.74) is 1.89. The highest BCUT2D eigenvalue weighted by molar-refractivity contribution is 9.10. The topological polar surface area (TPSA) is 49.8 Å². The lowest BCUT2D eigenvalue weighted by Crippen LogP contribution is -2.05. The first kappa shape index (κ1) is 15.1. The molecule has 0 unspecified atom stereocenters. The third kappa shape index (κ3) is 3.41. The van der Waals surface area contributed by atoms with Gasteiger partial charge in [-0.1, -0.05) is 40.9 Å². The second-order valence-electron chi connectivity index (χ2n) is 4.30. The Hall–Kier alpha value is -1.33. The zero-order chi connectivity index (χ0) is 14.5. The molecular formula is C14H16BrClN4. The summed E-state index contributed by atoms with van der Waals surface area (Å²) in [6.07, 6.45) is 3.46. The van der Waals surface area contributed by atoms with Gasteiger partial charge in [0.2, 0.25) is 0 Å². The molecule has 6 heteroatoms. The number of aromatic nitrogens is 2. The number of rotatable bonds is 5. The molecule has 2 N–H and O–H groups in total. The van der Waals surface area contributed by atoms with E-state index in [1.165, 1.54) is 0 Å². The predicted molar refractivity (Wildman–Crippen MR) is 88.0 cm³/mol. The average molecular weight is 356 g/mol. The van der Waals surface area contributed by atoms with Gasteiger partial charge in [0, 0.05) is 17.1 Å². The second kappa shape index (κ2) is 6.90. The van der Waals surface area contributed by atoms with Crippen LogP contribution in [0.5, 0.6) is 0 Å². The van der Waals surface area contributed by atoms with Crippen molar-refractivity contribution in [1.29, 1.82) is 0 Å². The zero-order valence-corrected chi connectivity index (χ0v) is 13.7. The Labute approximate surface area is 132 Å². The molecule has 0 aliphatic rings. The van der Waals surface area contributed by atoms with E-state index in [0.717, 1.165) is 40.2 Å². The standard InChI is InChI=1S/C14H16BrClN4/c1-3-4-10-13(17-2)18-8-19-14(10)20-12-6-5-9(15)7-11(12)16/h5-8H,3-4H2,1-2H3,(H2,17,18,19,20). The molecule has 0 spiro atoms. The minimum Gasteiger partial charge on any atom is -0.373 e. The molecule has 0 amide bonds. The first-order valence-corrected chi connectivity index (χ1v) is 7.56. The first-order valence-electron chi connectivity index (χ1n) is 6.39. The van der Waals surface area contributed by atoms with Crippen LogP contribution in [-0.2, 0) is 6.42 Å². The highest BCUT2D eigenvalue weighted by Crippen LogP contribution is 2.30. The van der Waals surface area contributed by atoms with Crippen molar-refractivity contribution in [3.63, 3.8) is 0 Å². The fraction of sp³-hybridized carbons (Fsp3) is 0.286. The molecule has 0 aliphatic heterocycles. The monoisotopic (exact) mass is 354 g/mol. The fourth-order valence-corrected chi connectivity index (χ4v) is 2.66. The summed E-state index contributed by atoms with van der Waals surface area (Å²) in [5.74, 6) is 1.63. The number of nitrogens with one attached hydrogen (secondary N) is 2. The Balaban J connectivity index is 2.37. The van der Waals surface area contributed by atoms with Gasteiger partial charge in [-0.15, -0.1) is 0 Å². The molecule has 1 aromatic carbocycles. The lowest BCUT2D eigenvalue weighted by molar-refractivity contribution is 0.905. The van der Waals surface area contributed by atoms with E-state index >= 15 is 0 Å². The Kier molecular flexibility index (Phi) is 5.20. The van der Waals surface area contributed by atoms with E-state index in [0.29, 0.717) is 5.02 Å². The minimum atomic E-state index is 0.645. The van der Waals surface area contributed by atoms with Crippen LogP contribution in [0.1, 0.15) is 18.9 Å². The minimum absolute atomic E-state index is 0.645. The Morgan fingerprint density at radius 1 is 1.25 bits per heavy atom. The van der Waals surface area contributed by atoms with Gasteiger partial charge >= 0.3 is 0 Å². The number of benzene rings is 1. The number of hydrogen-bond acceptors (Lipinski definition) is 4. The van der Waals surface area contributed by atoms with Crippen LogP contribution >= 0.6 is 27.5 Å². The lowest BCUT2D eigenvalue weighted by atomic mass is 10.1. The van der Waals surface area contributed by atoms with Crippen molar-refractivity contribution in [3.05, 3.63) is 39.6 Å². The van der Waals surface area contributed by atoms with E-state index in [9.17, 15) is 0 Å². The largest absolute Gasteiger partial charge is 0.373 e. The molecule has 0 atom stereocenters. The van der Waals surface area contributed by atoms with Gasteiger partial charge in [0.1, 0.15) is 18.0 Å². The smallest absolute Gasteiger partial charge is 0.139 e. The van der Waals surface area contributed by atoms with Crippen LogP contribution < -0.4 is 10.6 Å². The quantitative estimate of drug-likeness (QED) is 0.821. The van der Waals surface area contributed by atoms with E-state index in [1.807, 2.05) is 25.2 Å². The molecule has 1 aromatic heterocycles. The number of halogens is 2. The molecule has 20 heavy (non-hydrogen) atoms. The molecule has 106 valence electrons. The van der Waals surface area contributed by atoms with Crippen molar-refractivity contribution in [2.24, 2.45) is 0 Å². The second-order valence-corrected chi connectivity index (χ2v) is 5.62. The summed E-state index contributed by atoms with van der Waals surface area (Å²) >= 11 is 9.63. The van der Waals surface area contributed by atoms with Gasteiger partial charge in [-0.3, -0.25) is 0 Å². The SMILES string of the molecule is CCCc1c(NC)ncnc1Nc1ccc(Br)cc1Cl. The molecule has 0 aliphatic carbocycles. The number of anilines is 3. The third-order valence-corrected chi connectivity index (χ3v) is 3.67. The summed E-state index contributed by atoms with van der Waals surface area (Å²) in [6, 6.07) is 5.71. The highest BCUT2D eigenvalue weighted by atomic mass is 79.9. The summed E-state index contributed by atoms with van der Waals surface area (Å²) in [5, 5.41) is 7.03. The highest BCUT2D eigenvalue weighted by Gasteiger charge is 2.11. The number of nitrogens with zero attached hydrogens (tertiary/aromatic N) is 2. The number of hydrogen-bond donors (Lipinski definition) is 2. The molecule has 2 rings (SSSR count). The van der Waals surface area contributed by atoms with Gasteiger partial charge in [0.05, 0.1) is 10.7 Å². The molecule has 0 radical (unpaired) electrons. The normalized spacial score (nSPS) is 10.4. The van der Waals surface area contributed by atoms with Gasteiger partial charge in [-0.2, -0.15) is 0 Å². The third-order valence-electron chi connectivity index (χ3n) is 2.87. The maximum Gasteiger partial charge on any atom is 0.139 e. The van der Waals surface area contributed by atoms with E-state index in [1.54, 1.807) is 6.33 Å². The predicted octanol–water partition coefficient (Wildman–Crippen LogP) is 4.63. The van der Waals surface area contributed by atoms with Crippen LogP contribution in [0, 0.1) is 0 Å². The molecular weight excluding hydrogens is 340 g/mol. The van der Waals surface area contributed by atoms with Crippen LogP contribution in [0.15, 0.2) is 29.0 Å². The first-order chi connectivity index (χ1) is 9.65. The van der Waals surface area contributed by atoms with Gasteiger partial charge in [0.15, 0.2) is 0 Å². The van der Waals surface area contributed by atoms with Crippen molar-refractivity contribution in [1.82, 2.24) is 9.97 Å². The Bertz CT molecular complexity index is 604. The maximum absolute atomic E-state index is 6.23. The van der Waals surface area contributed by atoms with Crippen molar-refractivity contribution in [2.75, 3.05) is 17.7 Å². The summed E-state index contributed by atoms with van der Waals surface area (Å²) < 4.78 is 0.945. The van der Waals surface area contributed by atoms with E-state index in [2.05, 4.69) is 43.5 Å². The summed E-state index contributed by atoms with van der Waals surface area (Å²) in [7, 11) is 1.86. The molecule has 0 fully saturated rings. The van der Waals surface area contributed by atoms with E-state index in [4.69, 9.17) is 11.6 Å². The van der Waals surface area contributed by atoms with Crippen LogP contribution in [0.25, 0.3) is 0 Å². The molecule has 2 aromatic rings. The molecule has 0 bridgehead atoms. The van der Waals surface area contributed by atoms with E-state index in [-0.39, 0.29) is 0 Å². The van der Waals surface area contributed by atoms with Gasteiger partial charge in [0.25, 0.3) is 0 Å².